The van der Waals surface area contributed by atoms with Crippen molar-refractivity contribution in [2.24, 2.45) is 5.14 Å². The van der Waals surface area contributed by atoms with Gasteiger partial charge in [-0.05, 0) is 37.3 Å². The number of benzene rings is 2. The van der Waals surface area contributed by atoms with Gasteiger partial charge in [0.15, 0.2) is 0 Å². The number of hydrogen-bond acceptors (Lipinski definition) is 7. The van der Waals surface area contributed by atoms with Gasteiger partial charge in [-0.25, -0.2) is 13.6 Å². The SMILES string of the molecule is COc1ccc(S(N)(=O)=O)cc1NC(=O)C(C)Sc1ccc([N+](=O)[O-])cc1. The number of methoxy groups -OCH3 is 1. The summed E-state index contributed by atoms with van der Waals surface area (Å²) in [4.78, 5) is 23.1. The molecule has 144 valence electrons. The molecule has 27 heavy (non-hydrogen) atoms. The highest BCUT2D eigenvalue weighted by Gasteiger charge is 2.19. The van der Waals surface area contributed by atoms with Gasteiger partial charge in [-0.15, -0.1) is 11.8 Å². The van der Waals surface area contributed by atoms with Crippen molar-refractivity contribution in [3.8, 4) is 5.75 Å². The molecule has 0 saturated carbocycles. The minimum absolute atomic E-state index is 0.0407. The zero-order valence-corrected chi connectivity index (χ0v) is 16.0. The van der Waals surface area contributed by atoms with Crippen molar-refractivity contribution >= 4 is 39.1 Å². The highest BCUT2D eigenvalue weighted by molar-refractivity contribution is 8.00. The number of primary sulfonamides is 1. The van der Waals surface area contributed by atoms with E-state index in [2.05, 4.69) is 5.32 Å². The second-order valence-corrected chi connectivity index (χ2v) is 8.38. The number of carbonyl (C=O) groups is 1. The van der Waals surface area contributed by atoms with Gasteiger partial charge >= 0.3 is 0 Å². The van der Waals surface area contributed by atoms with Crippen LogP contribution in [0.2, 0.25) is 0 Å². The largest absolute Gasteiger partial charge is 0.495 e. The standard InChI is InChI=1S/C16H17N3O6S2/c1-10(26-12-5-3-11(4-6-12)19(21)22)16(20)18-14-9-13(27(17,23)24)7-8-15(14)25-2/h3-10H,1-2H3,(H,18,20)(H2,17,23,24). The number of non-ortho nitro benzene ring substituents is 1. The molecule has 0 fully saturated rings. The van der Waals surface area contributed by atoms with E-state index in [0.717, 1.165) is 0 Å². The van der Waals surface area contributed by atoms with Crippen LogP contribution in [-0.4, -0.2) is 31.6 Å². The van der Waals surface area contributed by atoms with Gasteiger partial charge in [0.25, 0.3) is 5.69 Å². The van der Waals surface area contributed by atoms with Crippen molar-refractivity contribution in [1.82, 2.24) is 0 Å². The van der Waals surface area contributed by atoms with Crippen LogP contribution in [0.15, 0.2) is 52.3 Å². The van der Waals surface area contributed by atoms with Gasteiger partial charge in [0.1, 0.15) is 5.75 Å². The molecule has 2 aromatic rings. The normalized spacial score (nSPS) is 12.3. The number of carbonyl (C=O) groups excluding carboxylic acids is 1. The van der Waals surface area contributed by atoms with Gasteiger partial charge in [0.2, 0.25) is 15.9 Å². The molecule has 11 heteroatoms. The average molecular weight is 411 g/mol. The Kier molecular flexibility index (Phi) is 6.41. The molecule has 2 aromatic carbocycles. The Balaban J connectivity index is 2.14. The summed E-state index contributed by atoms with van der Waals surface area (Å²) >= 11 is 1.20. The zero-order valence-electron chi connectivity index (χ0n) is 14.4. The third-order valence-electron chi connectivity index (χ3n) is 3.49. The highest BCUT2D eigenvalue weighted by Crippen LogP contribution is 2.30. The Morgan fingerprint density at radius 3 is 2.41 bits per heavy atom. The lowest BCUT2D eigenvalue weighted by atomic mass is 10.3. The van der Waals surface area contributed by atoms with Crippen LogP contribution < -0.4 is 15.2 Å². The van der Waals surface area contributed by atoms with Crippen molar-refractivity contribution in [2.45, 2.75) is 22.0 Å². The number of rotatable bonds is 7. The smallest absolute Gasteiger partial charge is 0.269 e. The molecule has 0 heterocycles. The summed E-state index contributed by atoms with van der Waals surface area (Å²) in [5.74, 6) is -0.119. The Labute approximate surface area is 160 Å². The van der Waals surface area contributed by atoms with Crippen molar-refractivity contribution < 1.29 is 22.9 Å². The number of thioether (sulfide) groups is 1. The number of ether oxygens (including phenoxy) is 1. The molecule has 0 radical (unpaired) electrons. The molecule has 0 aliphatic rings. The molecule has 1 unspecified atom stereocenters. The summed E-state index contributed by atoms with van der Waals surface area (Å²) in [5.41, 5.74) is 0.131. The van der Waals surface area contributed by atoms with Crippen LogP contribution in [0, 0.1) is 10.1 Å². The lowest BCUT2D eigenvalue weighted by molar-refractivity contribution is -0.384. The second kappa shape index (κ2) is 8.37. The molecule has 0 bridgehead atoms. The van der Waals surface area contributed by atoms with Gasteiger partial charge in [-0.1, -0.05) is 0 Å². The monoisotopic (exact) mass is 411 g/mol. The van der Waals surface area contributed by atoms with E-state index in [0.29, 0.717) is 4.90 Å². The number of nitro benzene ring substituents is 1. The fourth-order valence-corrected chi connectivity index (χ4v) is 3.51. The van der Waals surface area contributed by atoms with Crippen LogP contribution >= 0.6 is 11.8 Å². The van der Waals surface area contributed by atoms with E-state index in [4.69, 9.17) is 9.88 Å². The molecule has 0 spiro atoms. The first-order chi connectivity index (χ1) is 12.6. The second-order valence-electron chi connectivity index (χ2n) is 5.41. The lowest BCUT2D eigenvalue weighted by Crippen LogP contribution is -2.23. The molecular weight excluding hydrogens is 394 g/mol. The van der Waals surface area contributed by atoms with Crippen LogP contribution in [0.3, 0.4) is 0 Å². The Bertz CT molecular complexity index is 961. The van der Waals surface area contributed by atoms with Crippen molar-refractivity contribution in [3.63, 3.8) is 0 Å². The van der Waals surface area contributed by atoms with Gasteiger partial charge in [-0.3, -0.25) is 14.9 Å². The summed E-state index contributed by atoms with van der Waals surface area (Å²) in [5, 5.41) is 17.8. The molecule has 0 aliphatic heterocycles. The summed E-state index contributed by atoms with van der Waals surface area (Å²) in [7, 11) is -2.55. The lowest BCUT2D eigenvalue weighted by Gasteiger charge is -2.15. The number of amides is 1. The number of sulfonamides is 1. The third-order valence-corrected chi connectivity index (χ3v) is 5.51. The van der Waals surface area contributed by atoms with Crippen molar-refractivity contribution in [1.29, 1.82) is 0 Å². The van der Waals surface area contributed by atoms with Crippen LogP contribution in [0.1, 0.15) is 6.92 Å². The van der Waals surface area contributed by atoms with Crippen LogP contribution in [-0.2, 0) is 14.8 Å². The van der Waals surface area contributed by atoms with E-state index in [1.807, 2.05) is 0 Å². The fourth-order valence-electron chi connectivity index (χ4n) is 2.10. The number of anilines is 1. The van der Waals surface area contributed by atoms with Crippen LogP contribution in [0.25, 0.3) is 0 Å². The van der Waals surface area contributed by atoms with Crippen LogP contribution in [0.4, 0.5) is 11.4 Å². The molecule has 0 aromatic heterocycles. The van der Waals surface area contributed by atoms with Gasteiger partial charge in [-0.2, -0.15) is 0 Å². The topological polar surface area (TPSA) is 142 Å². The van der Waals surface area contributed by atoms with Gasteiger partial charge in [0, 0.05) is 17.0 Å². The van der Waals surface area contributed by atoms with E-state index in [1.165, 1.54) is 49.2 Å². The average Bonchev–Trinajstić information content (AvgIpc) is 2.61. The quantitative estimate of drug-likeness (QED) is 0.404. The summed E-state index contributed by atoms with van der Waals surface area (Å²) in [6.45, 7) is 1.65. The number of hydrogen-bond donors (Lipinski definition) is 2. The molecule has 0 saturated heterocycles. The van der Waals surface area contributed by atoms with E-state index < -0.39 is 26.1 Å². The molecular formula is C16H17N3O6S2. The number of nitrogens with one attached hydrogen (secondary N) is 1. The fraction of sp³-hybridized carbons (Fsp3) is 0.188. The van der Waals surface area contributed by atoms with E-state index in [9.17, 15) is 23.3 Å². The summed E-state index contributed by atoms with van der Waals surface area (Å²) < 4.78 is 28.1. The molecule has 0 aliphatic carbocycles. The maximum absolute atomic E-state index is 12.4. The molecule has 9 nitrogen and oxygen atoms in total. The van der Waals surface area contributed by atoms with Crippen molar-refractivity contribution in [2.75, 3.05) is 12.4 Å². The van der Waals surface area contributed by atoms with Crippen molar-refractivity contribution in [3.05, 3.63) is 52.6 Å². The van der Waals surface area contributed by atoms with E-state index >= 15 is 0 Å². The predicted octanol–water partition coefficient (Wildman–Crippen LogP) is 2.37. The molecule has 1 atom stereocenters. The first-order valence-corrected chi connectivity index (χ1v) is 9.97. The number of nitrogens with zero attached hydrogens (tertiary/aromatic N) is 1. The molecule has 3 N–H and O–H groups in total. The molecule has 1 amide bonds. The van der Waals surface area contributed by atoms with Gasteiger partial charge in [0.05, 0.1) is 27.9 Å². The Morgan fingerprint density at radius 1 is 1.26 bits per heavy atom. The van der Waals surface area contributed by atoms with Gasteiger partial charge < -0.3 is 10.1 Å². The zero-order chi connectivity index (χ0) is 20.2. The Morgan fingerprint density at radius 2 is 1.89 bits per heavy atom. The van der Waals surface area contributed by atoms with E-state index in [-0.39, 0.29) is 22.0 Å². The van der Waals surface area contributed by atoms with Crippen LogP contribution in [0.5, 0.6) is 5.75 Å². The molecule has 2 rings (SSSR count). The third kappa shape index (κ3) is 5.42. The summed E-state index contributed by atoms with van der Waals surface area (Å²) in [6.07, 6.45) is 0. The maximum Gasteiger partial charge on any atom is 0.269 e. The first kappa shape index (κ1) is 20.7. The minimum atomic E-state index is -3.93. The highest BCUT2D eigenvalue weighted by atomic mass is 32.2. The maximum atomic E-state index is 12.4. The number of nitro groups is 1. The van der Waals surface area contributed by atoms with E-state index in [1.54, 1.807) is 19.1 Å². The number of nitrogens with two attached hydrogens (primary N) is 1. The summed E-state index contributed by atoms with van der Waals surface area (Å²) in [6, 6.07) is 9.69. The minimum Gasteiger partial charge on any atom is -0.495 e. The first-order valence-electron chi connectivity index (χ1n) is 7.54. The predicted molar refractivity (Wildman–Crippen MR) is 101 cm³/mol. The Hall–Kier alpha value is -2.63.